The minimum atomic E-state index is -4.13. The molecule has 8 heterocycles. The van der Waals surface area contributed by atoms with Crippen LogP contribution in [0, 0.1) is 70.8 Å². The maximum absolute atomic E-state index is 13.7. The first kappa shape index (κ1) is 35.7. The number of fused-ring (bicyclic) bond motifs is 12. The van der Waals surface area contributed by atoms with E-state index in [9.17, 15) is 21.9 Å². The summed E-state index contributed by atoms with van der Waals surface area (Å²) in [5.41, 5.74) is 21.3. The van der Waals surface area contributed by atoms with E-state index in [2.05, 4.69) is 0 Å². The lowest BCUT2D eigenvalue weighted by Crippen LogP contribution is -2.51. The third-order valence-electron chi connectivity index (χ3n) is 20.0. The van der Waals surface area contributed by atoms with Crippen LogP contribution in [0.5, 0.6) is 46.0 Å². The largest absolute Gasteiger partial charge is 0.493 e. The molecule has 0 radical (unpaired) electrons. The van der Waals surface area contributed by atoms with Crippen LogP contribution in [0.25, 0.3) is 0 Å². The maximum atomic E-state index is 13.7. The third-order valence-corrected chi connectivity index (χ3v) is 20.0. The lowest BCUT2D eigenvalue weighted by molar-refractivity contribution is -0.161. The summed E-state index contributed by atoms with van der Waals surface area (Å²) in [6.07, 6.45) is -34.7. The molecular formula is C96H152N8O16. The fourth-order valence-corrected chi connectivity index (χ4v) is 14.3. The van der Waals surface area contributed by atoms with Crippen LogP contribution in [0.15, 0.2) is 48.5 Å². The molecule has 16 unspecified atom stereocenters. The number of benzene rings is 4. The first-order chi connectivity index (χ1) is 87.2. The number of rotatable bonds is 28. The van der Waals surface area contributed by atoms with Crippen LogP contribution in [0.4, 0.5) is 0 Å². The normalized spacial score (nSPS) is 43.5. The van der Waals surface area contributed by atoms with Gasteiger partial charge < -0.3 is 79.8 Å². The molecule has 120 heavy (non-hydrogen) atoms. The van der Waals surface area contributed by atoms with Crippen molar-refractivity contribution >= 4 is 23.9 Å². The fraction of sp³-hybridized carbons (Fsp3) is 0.708. The number of hydrogen-bond acceptors (Lipinski definition) is 24. The van der Waals surface area contributed by atoms with Crippen molar-refractivity contribution in [1.82, 2.24) is 19.6 Å². The molecule has 12 rings (SSSR count). The van der Waals surface area contributed by atoms with Crippen molar-refractivity contribution in [3.05, 3.63) is 93.0 Å². The van der Waals surface area contributed by atoms with Crippen molar-refractivity contribution in [2.45, 2.75) is 259 Å². The van der Waals surface area contributed by atoms with Gasteiger partial charge in [-0.25, -0.2) is 0 Å². The molecule has 4 fully saturated rings. The number of hydrogen-bond donors (Lipinski definition) is 4. The van der Waals surface area contributed by atoms with E-state index in [1.54, 1.807) is 0 Å². The van der Waals surface area contributed by atoms with Crippen molar-refractivity contribution in [3.8, 4) is 46.0 Å². The summed E-state index contributed by atoms with van der Waals surface area (Å²) < 4.78 is 701. The topological polar surface area (TPSA) is 296 Å². The quantitative estimate of drug-likeness (QED) is 0.0303. The monoisotopic (exact) mass is 1750 g/mol. The molecule has 8 aliphatic heterocycles. The molecule has 0 amide bonds. The number of methoxy groups -OCH3 is 8. The van der Waals surface area contributed by atoms with Crippen LogP contribution in [0.3, 0.4) is 0 Å². The summed E-state index contributed by atoms with van der Waals surface area (Å²) in [6, 6.07) is -16.6. The zero-order chi connectivity index (χ0) is 156. The molecule has 4 aromatic rings. The second-order valence-electron chi connectivity index (χ2n) is 27.9. The van der Waals surface area contributed by atoms with E-state index in [0.717, 1.165) is 59.8 Å². The Labute approximate surface area is 828 Å². The highest BCUT2D eigenvalue weighted by molar-refractivity contribution is 5.77. The van der Waals surface area contributed by atoms with Gasteiger partial charge in [-0.3, -0.25) is 38.8 Å². The van der Waals surface area contributed by atoms with Gasteiger partial charge in [-0.15, -0.1) is 0 Å². The number of aryl methyl sites for hydroxylation is 3. The number of piperidine rings is 4. The van der Waals surface area contributed by atoms with Gasteiger partial charge in [0.05, 0.1) is 75.9 Å². The molecule has 24 nitrogen and oxygen atoms in total. The molecule has 4 saturated heterocycles. The summed E-state index contributed by atoms with van der Waals surface area (Å²) in [4.78, 5) is 58.2. The molecule has 0 bridgehead atoms. The van der Waals surface area contributed by atoms with E-state index in [1.807, 2.05) is 0 Å². The molecule has 0 spiro atoms. The van der Waals surface area contributed by atoms with Crippen LogP contribution >= 0.6 is 0 Å². The van der Waals surface area contributed by atoms with Crippen LogP contribution < -0.4 is 60.8 Å². The molecule has 0 aliphatic carbocycles. The van der Waals surface area contributed by atoms with Crippen molar-refractivity contribution in [3.63, 3.8) is 0 Å². The number of nitrogens with two attached hydrogens (primary N) is 4. The Morgan fingerprint density at radius 3 is 1.05 bits per heavy atom. The Morgan fingerprint density at radius 2 is 0.717 bits per heavy atom. The van der Waals surface area contributed by atoms with Crippen LogP contribution in [-0.2, 0) is 63.7 Å². The molecule has 4 aromatic carbocycles. The van der Waals surface area contributed by atoms with Gasteiger partial charge in [-0.05, 0) is 191 Å². The lowest BCUT2D eigenvalue weighted by Gasteiger charge is -2.47. The Bertz CT molecular complexity index is 7310. The van der Waals surface area contributed by atoms with Crippen molar-refractivity contribution in [1.29, 1.82) is 0 Å². The second-order valence-corrected chi connectivity index (χ2v) is 27.9. The van der Waals surface area contributed by atoms with E-state index in [-0.39, 0.29) is 75.1 Å². The molecule has 0 aromatic heterocycles. The van der Waals surface area contributed by atoms with Gasteiger partial charge in [-0.1, -0.05) is 110 Å². The first-order valence-corrected chi connectivity index (χ1v) is 36.6. The highest BCUT2D eigenvalue weighted by Gasteiger charge is 2.47. The van der Waals surface area contributed by atoms with Crippen molar-refractivity contribution in [2.75, 3.05) is 109 Å². The first-order valence-electron chi connectivity index (χ1n) is 75.6. The lowest BCUT2D eigenvalue weighted by atomic mass is 9.79. The number of carbonyl (C=O) groups excluding carboxylic acids is 4. The van der Waals surface area contributed by atoms with Crippen molar-refractivity contribution < 1.29 is 183 Å². The molecule has 0 saturated carbocycles. The Kier molecular flexibility index (Phi) is 13.1. The average molecular weight is 1750 g/mol. The Hall–Kier alpha value is -7.16. The summed E-state index contributed by atoms with van der Waals surface area (Å²) in [5, 5.41) is 0. The molecule has 24 heteroatoms. The van der Waals surface area contributed by atoms with Gasteiger partial charge in [0.25, 0.3) is 0 Å². The van der Waals surface area contributed by atoms with Gasteiger partial charge in [0, 0.05) is 213 Å². The van der Waals surface area contributed by atoms with Gasteiger partial charge in [0.1, 0.15) is 48.5 Å². The predicted molar refractivity (Wildman–Crippen MR) is 471 cm³/mol. The minimum absolute atomic E-state index is 0.0308. The van der Waals surface area contributed by atoms with E-state index >= 15 is 0 Å². The number of ether oxygens (including phenoxy) is 12. The fourth-order valence-electron chi connectivity index (χ4n) is 14.3. The van der Waals surface area contributed by atoms with Gasteiger partial charge in [-0.2, -0.15) is 0 Å². The standard InChI is InChI=1S/4C24H38N2O4/c4*1-14(2)9-17-13-26-8-7-16-10-21(28-5)22(29-6)11-18(16)19(26)12-20(17)30-24(27)23(25)15(3)4/h4*10-11,14-15,17,19-20,23H,7-9,12-13,25H2,1-6H3/t4*17?,19?,20?,23-/m0000/s1/i1D3,3D3,4D3,5D3,9D2,10D,11D,14D,15D,19D,20D,23D;1D3,3D3,4D3,5D3,7D2,8D2,9D2,14D,15D,23D;2*1D3,3D3,4D3,7D2,8D2,9D2,14D,15D,23D/t4*14?,17?,19?,20?,23-. The van der Waals surface area contributed by atoms with E-state index in [4.69, 9.17) is 184 Å². The van der Waals surface area contributed by atoms with Crippen LogP contribution in [0.1, 0.15) is 337 Å². The molecular weight excluding hydrogens is 1520 g/mol. The smallest absolute Gasteiger partial charge is 0.323 e. The Balaban J connectivity index is 0.000000286. The summed E-state index contributed by atoms with van der Waals surface area (Å²) >= 11 is 0. The molecule has 8 N–H and O–H groups in total. The summed E-state index contributed by atoms with van der Waals surface area (Å²) in [6.45, 7) is -54.9. The number of nitrogens with zero attached hydrogens (tertiary/aromatic N) is 4. The second kappa shape index (κ2) is 43.9. The average Bonchev–Trinajstić information content (AvgIpc) is 0.688. The Morgan fingerprint density at radius 1 is 0.408 bits per heavy atom. The predicted octanol–water partition coefficient (Wildman–Crippen LogP) is 14.3. The molecule has 20 atom stereocenters. The number of carbonyl (C=O) groups is 4. The van der Waals surface area contributed by atoms with E-state index in [1.165, 1.54) is 52.7 Å². The molecule has 672 valence electrons. The maximum Gasteiger partial charge on any atom is 0.323 e. The van der Waals surface area contributed by atoms with Gasteiger partial charge in [0.2, 0.25) is 0 Å². The van der Waals surface area contributed by atoms with Gasteiger partial charge >= 0.3 is 23.9 Å². The van der Waals surface area contributed by atoms with Crippen molar-refractivity contribution in [2.24, 2.45) is 93.8 Å². The molecule has 8 aliphatic rings. The SMILES string of the molecule is [2H]C([2H])([2H])C([2H])(C)C([2H])([2H])C1CN2C(CC1OC(=O)[C@@]([2H])(N)C([2H])(C([2H])([2H])[2H])C([2H])([2H])[2H])c1cc(OC)c(OC)cc1C([2H])([2H])C2([2H])[2H].[2H]C([2H])([2H])C([2H])(C)C([2H])([2H])C1CN2C(CC1OC(=O)[C@@]([2H])(N)C([2H])(C([2H])([2H])[2H])C([2H])([2H])[2H])c1cc(OC)c(OC)cc1C([2H])([2H])C2([2H])[2H].[2H]C([2H])([2H])Oc1cc2c(cc1OC)C1CC(OC(=O)[C@@]([2H])(N)C([2H])(C([2H])([2H])[2H])C([2H])([2H])[2H])C(C([2H])([2H])C([2H])(C)C([2H])([2H])[2H])CN1C([2H])([2H])C2([2H])[2H].[2H]c1c2c(c([2H])c(OC)c1OC([2H])([2H])[2H])C1([2H])CC([2H])(OC(=O)[C@@]([2H])(N)C([2H])(C([2H])([2H])[2H])C([2H])([2H])[2H])C(C([2H])([2H])C([2H])(C)C([2H])([2H])[2H])CN1CC2. The third kappa shape index (κ3) is 23.8. The zero-order valence-electron chi connectivity index (χ0n) is 145. The van der Waals surface area contributed by atoms with Crippen LogP contribution in [-0.4, -0.2) is 201 Å². The summed E-state index contributed by atoms with van der Waals surface area (Å²) in [5.74, 6) is -47.2. The zero-order valence-corrected chi connectivity index (χ0v) is 66.9. The highest BCUT2D eigenvalue weighted by atomic mass is 16.6. The number of esters is 4. The highest BCUT2D eigenvalue weighted by Crippen LogP contribution is 2.50. The van der Waals surface area contributed by atoms with E-state index < -0.39 is 420 Å². The van der Waals surface area contributed by atoms with Crippen LogP contribution in [0.2, 0.25) is 0 Å². The minimum Gasteiger partial charge on any atom is -0.493 e. The summed E-state index contributed by atoms with van der Waals surface area (Å²) in [7, 11) is 1.01. The van der Waals surface area contributed by atoms with Gasteiger partial charge in [0.15, 0.2) is 46.0 Å². The van der Waals surface area contributed by atoms with E-state index in [0.29, 0.717) is 13.8 Å².